The number of hydrogen-bond acceptors (Lipinski definition) is 2. The second kappa shape index (κ2) is 6.62. The van der Waals surface area contributed by atoms with E-state index in [4.69, 9.17) is 5.73 Å². The van der Waals surface area contributed by atoms with Crippen LogP contribution in [0.15, 0.2) is 12.7 Å². The van der Waals surface area contributed by atoms with Gasteiger partial charge in [-0.05, 0) is 18.3 Å². The van der Waals surface area contributed by atoms with Crippen LogP contribution in [0, 0.1) is 5.41 Å². The van der Waals surface area contributed by atoms with Crippen molar-refractivity contribution in [1.82, 2.24) is 5.32 Å². The first-order chi connectivity index (χ1) is 6.85. The van der Waals surface area contributed by atoms with Crippen molar-refractivity contribution in [3.05, 3.63) is 12.7 Å². The van der Waals surface area contributed by atoms with Crippen LogP contribution in [0.2, 0.25) is 0 Å². The monoisotopic (exact) mass is 212 g/mol. The fraction of sp³-hybridized carbons (Fsp3) is 0.750. The van der Waals surface area contributed by atoms with Crippen LogP contribution in [0.4, 0.5) is 0 Å². The Morgan fingerprint density at radius 3 is 2.60 bits per heavy atom. The van der Waals surface area contributed by atoms with Crippen LogP contribution >= 0.6 is 0 Å². The molecule has 0 aliphatic carbocycles. The third-order valence-corrected chi connectivity index (χ3v) is 1.99. The molecule has 3 heteroatoms. The quantitative estimate of drug-likeness (QED) is 0.521. The first kappa shape index (κ1) is 14.2. The summed E-state index contributed by atoms with van der Waals surface area (Å²) in [4.78, 5) is 11.4. The van der Waals surface area contributed by atoms with Gasteiger partial charge in [-0.1, -0.05) is 26.8 Å². The zero-order chi connectivity index (χ0) is 11.9. The van der Waals surface area contributed by atoms with E-state index in [9.17, 15) is 4.79 Å². The van der Waals surface area contributed by atoms with Crippen LogP contribution in [0.1, 0.15) is 40.0 Å². The van der Waals surface area contributed by atoms with Crippen LogP contribution in [0.3, 0.4) is 0 Å². The number of amides is 1. The van der Waals surface area contributed by atoms with Gasteiger partial charge in [-0.2, -0.15) is 0 Å². The average molecular weight is 212 g/mol. The molecule has 1 unspecified atom stereocenters. The van der Waals surface area contributed by atoms with Gasteiger partial charge in [0.25, 0.3) is 0 Å². The molecule has 0 aromatic carbocycles. The van der Waals surface area contributed by atoms with Crippen molar-refractivity contribution in [2.75, 3.05) is 6.54 Å². The molecule has 1 amide bonds. The van der Waals surface area contributed by atoms with E-state index in [0.717, 1.165) is 12.8 Å². The van der Waals surface area contributed by atoms with Crippen LogP contribution in [-0.2, 0) is 4.79 Å². The van der Waals surface area contributed by atoms with Crippen molar-refractivity contribution in [3.8, 4) is 0 Å². The SMILES string of the molecule is C=CCCNC(=O)CC(N)CC(C)(C)C. The van der Waals surface area contributed by atoms with E-state index in [2.05, 4.69) is 32.7 Å². The molecule has 3 nitrogen and oxygen atoms in total. The molecule has 0 saturated carbocycles. The maximum absolute atomic E-state index is 11.4. The summed E-state index contributed by atoms with van der Waals surface area (Å²) in [6, 6.07) is -0.0475. The predicted octanol–water partition coefficient (Wildman–Crippen LogP) is 1.83. The van der Waals surface area contributed by atoms with Gasteiger partial charge in [0.2, 0.25) is 5.91 Å². The number of nitrogens with one attached hydrogen (secondary N) is 1. The lowest BCUT2D eigenvalue weighted by molar-refractivity contribution is -0.121. The van der Waals surface area contributed by atoms with Gasteiger partial charge in [0.1, 0.15) is 0 Å². The van der Waals surface area contributed by atoms with Crippen LogP contribution < -0.4 is 11.1 Å². The second-order valence-electron chi connectivity index (χ2n) is 5.16. The highest BCUT2D eigenvalue weighted by molar-refractivity contribution is 5.76. The molecule has 0 aliphatic rings. The maximum Gasteiger partial charge on any atom is 0.221 e. The number of carbonyl (C=O) groups is 1. The van der Waals surface area contributed by atoms with E-state index < -0.39 is 0 Å². The Morgan fingerprint density at radius 2 is 2.13 bits per heavy atom. The highest BCUT2D eigenvalue weighted by Crippen LogP contribution is 2.20. The van der Waals surface area contributed by atoms with Crippen molar-refractivity contribution in [1.29, 1.82) is 0 Å². The lowest BCUT2D eigenvalue weighted by Gasteiger charge is -2.22. The minimum atomic E-state index is -0.0475. The Balaban J connectivity index is 3.71. The Labute approximate surface area is 93.1 Å². The number of nitrogens with two attached hydrogens (primary N) is 1. The molecule has 0 saturated heterocycles. The van der Waals surface area contributed by atoms with E-state index in [1.807, 2.05) is 0 Å². The summed E-state index contributed by atoms with van der Waals surface area (Å²) in [5.74, 6) is 0.0357. The molecular weight excluding hydrogens is 188 g/mol. The van der Waals surface area contributed by atoms with Gasteiger partial charge in [-0.3, -0.25) is 4.79 Å². The normalized spacial score (nSPS) is 13.3. The molecule has 88 valence electrons. The van der Waals surface area contributed by atoms with Crippen molar-refractivity contribution in [2.45, 2.75) is 46.1 Å². The Kier molecular flexibility index (Phi) is 6.25. The summed E-state index contributed by atoms with van der Waals surface area (Å²) in [5, 5.41) is 2.81. The smallest absolute Gasteiger partial charge is 0.221 e. The topological polar surface area (TPSA) is 55.1 Å². The molecule has 0 bridgehead atoms. The van der Waals surface area contributed by atoms with Crippen molar-refractivity contribution in [3.63, 3.8) is 0 Å². The predicted molar refractivity (Wildman–Crippen MR) is 64.5 cm³/mol. The molecule has 0 spiro atoms. The van der Waals surface area contributed by atoms with Gasteiger partial charge in [0.05, 0.1) is 0 Å². The lowest BCUT2D eigenvalue weighted by atomic mass is 9.87. The maximum atomic E-state index is 11.4. The van der Waals surface area contributed by atoms with E-state index in [1.54, 1.807) is 6.08 Å². The molecule has 0 aromatic rings. The fourth-order valence-electron chi connectivity index (χ4n) is 1.48. The Bertz CT molecular complexity index is 206. The zero-order valence-corrected chi connectivity index (χ0v) is 10.2. The minimum absolute atomic E-state index is 0.0357. The lowest BCUT2D eigenvalue weighted by Crippen LogP contribution is -2.34. The first-order valence-corrected chi connectivity index (χ1v) is 5.48. The molecule has 0 aromatic heterocycles. The first-order valence-electron chi connectivity index (χ1n) is 5.48. The van der Waals surface area contributed by atoms with Gasteiger partial charge in [0, 0.05) is 19.0 Å². The molecule has 0 radical (unpaired) electrons. The number of rotatable bonds is 6. The molecular formula is C12H24N2O. The van der Waals surface area contributed by atoms with Crippen molar-refractivity contribution in [2.24, 2.45) is 11.1 Å². The summed E-state index contributed by atoms with van der Waals surface area (Å²) >= 11 is 0. The van der Waals surface area contributed by atoms with E-state index in [1.165, 1.54) is 0 Å². The summed E-state index contributed by atoms with van der Waals surface area (Å²) in [6.45, 7) is 10.6. The highest BCUT2D eigenvalue weighted by Gasteiger charge is 2.17. The van der Waals surface area contributed by atoms with Crippen LogP contribution in [-0.4, -0.2) is 18.5 Å². The van der Waals surface area contributed by atoms with Gasteiger partial charge >= 0.3 is 0 Å². The van der Waals surface area contributed by atoms with E-state index in [-0.39, 0.29) is 17.4 Å². The number of hydrogen-bond donors (Lipinski definition) is 2. The average Bonchev–Trinajstić information content (AvgIpc) is 2.00. The molecule has 0 aliphatic heterocycles. The summed E-state index contributed by atoms with van der Waals surface area (Å²) in [5.41, 5.74) is 6.07. The summed E-state index contributed by atoms with van der Waals surface area (Å²) < 4.78 is 0. The molecule has 15 heavy (non-hydrogen) atoms. The fourth-order valence-corrected chi connectivity index (χ4v) is 1.48. The van der Waals surface area contributed by atoms with Crippen molar-refractivity contribution < 1.29 is 4.79 Å². The van der Waals surface area contributed by atoms with Gasteiger partial charge in [-0.25, -0.2) is 0 Å². The van der Waals surface area contributed by atoms with Gasteiger partial charge in [0.15, 0.2) is 0 Å². The Morgan fingerprint density at radius 1 is 1.53 bits per heavy atom. The molecule has 0 rings (SSSR count). The third-order valence-electron chi connectivity index (χ3n) is 1.99. The largest absolute Gasteiger partial charge is 0.356 e. The molecule has 1 atom stereocenters. The van der Waals surface area contributed by atoms with Gasteiger partial charge < -0.3 is 11.1 Å². The molecule has 0 heterocycles. The second-order valence-corrected chi connectivity index (χ2v) is 5.16. The highest BCUT2D eigenvalue weighted by atomic mass is 16.1. The molecule has 0 fully saturated rings. The van der Waals surface area contributed by atoms with E-state index >= 15 is 0 Å². The van der Waals surface area contributed by atoms with Crippen molar-refractivity contribution >= 4 is 5.91 Å². The summed E-state index contributed by atoms with van der Waals surface area (Å²) in [6.07, 6.45) is 3.87. The van der Waals surface area contributed by atoms with Gasteiger partial charge in [-0.15, -0.1) is 6.58 Å². The van der Waals surface area contributed by atoms with E-state index in [0.29, 0.717) is 13.0 Å². The third kappa shape index (κ3) is 9.47. The summed E-state index contributed by atoms with van der Waals surface area (Å²) in [7, 11) is 0. The zero-order valence-electron chi connectivity index (χ0n) is 10.2. The van der Waals surface area contributed by atoms with Crippen LogP contribution in [0.25, 0.3) is 0 Å². The van der Waals surface area contributed by atoms with Crippen LogP contribution in [0.5, 0.6) is 0 Å². The standard InChI is InChI=1S/C12H24N2O/c1-5-6-7-14-11(15)8-10(13)9-12(2,3)4/h5,10H,1,6-9,13H2,2-4H3,(H,14,15). The number of carbonyl (C=O) groups excluding carboxylic acids is 1. The Hall–Kier alpha value is -0.830. The minimum Gasteiger partial charge on any atom is -0.356 e. The molecule has 3 N–H and O–H groups in total.